The van der Waals surface area contributed by atoms with Crippen molar-refractivity contribution in [3.63, 3.8) is 0 Å². The van der Waals surface area contributed by atoms with E-state index >= 15 is 0 Å². The maximum absolute atomic E-state index is 13.1. The maximum Gasteiger partial charge on any atom is 0.247 e. The SMILES string of the molecule is COc1cc(C=O)cc2c1OC1C2C(C(=O)NCCO)=CC(N(CCC(C)C)C(C)=O)C1O. The fourth-order valence-electron chi connectivity index (χ4n) is 4.47. The van der Waals surface area contributed by atoms with Gasteiger partial charge in [-0.2, -0.15) is 0 Å². The Labute approximate surface area is 193 Å². The van der Waals surface area contributed by atoms with Crippen LogP contribution in [0.4, 0.5) is 0 Å². The van der Waals surface area contributed by atoms with Crippen LogP contribution in [0.3, 0.4) is 0 Å². The second-order valence-corrected chi connectivity index (χ2v) is 8.80. The fourth-order valence-corrected chi connectivity index (χ4v) is 4.47. The Morgan fingerprint density at radius 3 is 2.64 bits per heavy atom. The van der Waals surface area contributed by atoms with Crippen LogP contribution >= 0.6 is 0 Å². The van der Waals surface area contributed by atoms with Crippen LogP contribution in [0.15, 0.2) is 23.8 Å². The molecule has 2 aliphatic rings. The number of ether oxygens (including phenoxy) is 2. The summed E-state index contributed by atoms with van der Waals surface area (Å²) in [5, 5.41) is 23.1. The normalized spacial score (nSPS) is 23.2. The molecule has 0 saturated carbocycles. The van der Waals surface area contributed by atoms with Gasteiger partial charge in [0.25, 0.3) is 0 Å². The zero-order valence-electron chi connectivity index (χ0n) is 19.4. The number of nitrogens with zero attached hydrogens (tertiary/aromatic N) is 1. The summed E-state index contributed by atoms with van der Waals surface area (Å²) in [6.45, 7) is 5.76. The molecule has 0 radical (unpaired) electrons. The van der Waals surface area contributed by atoms with E-state index in [1.54, 1.807) is 17.0 Å². The number of aliphatic hydroxyl groups excluding tert-OH is 2. The van der Waals surface area contributed by atoms with Gasteiger partial charge in [-0.15, -0.1) is 0 Å². The fraction of sp³-hybridized carbons (Fsp3) is 0.542. The van der Waals surface area contributed by atoms with Crippen molar-refractivity contribution in [1.82, 2.24) is 10.2 Å². The average Bonchev–Trinajstić information content (AvgIpc) is 3.17. The van der Waals surface area contributed by atoms with E-state index in [9.17, 15) is 19.5 Å². The van der Waals surface area contributed by atoms with E-state index in [2.05, 4.69) is 5.32 Å². The molecule has 33 heavy (non-hydrogen) atoms. The zero-order chi connectivity index (χ0) is 24.3. The van der Waals surface area contributed by atoms with Gasteiger partial charge in [-0.1, -0.05) is 13.8 Å². The minimum Gasteiger partial charge on any atom is -0.493 e. The van der Waals surface area contributed by atoms with Gasteiger partial charge in [-0.25, -0.2) is 0 Å². The molecule has 1 aliphatic heterocycles. The smallest absolute Gasteiger partial charge is 0.247 e. The lowest BCUT2D eigenvalue weighted by atomic mass is 9.77. The lowest BCUT2D eigenvalue weighted by Gasteiger charge is -2.40. The summed E-state index contributed by atoms with van der Waals surface area (Å²) >= 11 is 0. The molecule has 1 aromatic rings. The number of methoxy groups -OCH3 is 1. The number of rotatable bonds is 9. The molecule has 1 aromatic carbocycles. The second-order valence-electron chi connectivity index (χ2n) is 8.80. The topological polar surface area (TPSA) is 125 Å². The van der Waals surface area contributed by atoms with Crippen LogP contribution in [0, 0.1) is 5.92 Å². The first-order valence-corrected chi connectivity index (χ1v) is 11.1. The maximum atomic E-state index is 13.1. The van der Waals surface area contributed by atoms with E-state index in [0.29, 0.717) is 46.9 Å². The number of hydrogen-bond donors (Lipinski definition) is 3. The first kappa shape index (κ1) is 24.7. The zero-order valence-corrected chi connectivity index (χ0v) is 19.4. The molecule has 0 spiro atoms. The van der Waals surface area contributed by atoms with Crippen LogP contribution in [0.5, 0.6) is 11.5 Å². The molecule has 3 rings (SSSR count). The number of nitrogens with one attached hydrogen (secondary N) is 1. The van der Waals surface area contributed by atoms with Gasteiger partial charge in [-0.05, 0) is 30.5 Å². The van der Waals surface area contributed by atoms with Gasteiger partial charge in [0.15, 0.2) is 11.5 Å². The van der Waals surface area contributed by atoms with Crippen molar-refractivity contribution in [2.75, 3.05) is 26.8 Å². The summed E-state index contributed by atoms with van der Waals surface area (Å²) in [6, 6.07) is 2.38. The number of carbonyl (C=O) groups is 3. The summed E-state index contributed by atoms with van der Waals surface area (Å²) in [6.07, 6.45) is 1.04. The van der Waals surface area contributed by atoms with Gasteiger partial charge >= 0.3 is 0 Å². The van der Waals surface area contributed by atoms with Crippen molar-refractivity contribution >= 4 is 18.1 Å². The number of aliphatic hydroxyl groups is 2. The standard InChI is InChI=1S/C24H32N2O7/c1-13(2)5-7-26(14(3)29)18-11-17(24(31)25-6-8-27)20-16-9-15(12-28)10-19(32-4)22(16)33-23(20)21(18)30/h9-13,18,20-21,23,27,30H,5-8H2,1-4H3,(H,25,31). The highest BCUT2D eigenvalue weighted by Crippen LogP contribution is 2.51. The van der Waals surface area contributed by atoms with Gasteiger partial charge < -0.3 is 29.9 Å². The largest absolute Gasteiger partial charge is 0.493 e. The van der Waals surface area contributed by atoms with Gasteiger partial charge in [0.2, 0.25) is 11.8 Å². The molecule has 4 unspecified atom stereocenters. The quantitative estimate of drug-likeness (QED) is 0.470. The number of benzene rings is 1. The number of hydrogen-bond acceptors (Lipinski definition) is 7. The first-order chi connectivity index (χ1) is 15.7. The molecule has 1 aliphatic carbocycles. The second kappa shape index (κ2) is 10.4. The Morgan fingerprint density at radius 1 is 1.33 bits per heavy atom. The summed E-state index contributed by atoms with van der Waals surface area (Å²) in [5.74, 6) is -0.301. The van der Waals surface area contributed by atoms with E-state index in [1.807, 2.05) is 13.8 Å². The predicted molar refractivity (Wildman–Crippen MR) is 120 cm³/mol. The molecule has 9 heteroatoms. The summed E-state index contributed by atoms with van der Waals surface area (Å²) < 4.78 is 11.5. The Kier molecular flexibility index (Phi) is 7.76. The molecule has 0 bridgehead atoms. The Bertz CT molecular complexity index is 943. The minimum absolute atomic E-state index is 0.0516. The molecule has 2 amide bonds. The number of fused-ring (bicyclic) bond motifs is 3. The first-order valence-electron chi connectivity index (χ1n) is 11.1. The highest BCUT2D eigenvalue weighted by molar-refractivity contribution is 5.96. The van der Waals surface area contributed by atoms with E-state index in [1.165, 1.54) is 20.1 Å². The number of amides is 2. The third-order valence-corrected chi connectivity index (χ3v) is 6.12. The van der Waals surface area contributed by atoms with E-state index < -0.39 is 30.1 Å². The summed E-state index contributed by atoms with van der Waals surface area (Å²) in [7, 11) is 1.45. The number of aldehydes is 1. The predicted octanol–water partition coefficient (Wildman–Crippen LogP) is 1.02. The van der Waals surface area contributed by atoms with Crippen LogP contribution in [0.2, 0.25) is 0 Å². The molecule has 0 fully saturated rings. The van der Waals surface area contributed by atoms with Crippen LogP contribution < -0.4 is 14.8 Å². The molecule has 180 valence electrons. The van der Waals surface area contributed by atoms with Crippen LogP contribution in [-0.2, 0) is 9.59 Å². The molecule has 0 aromatic heterocycles. The molecule has 1 heterocycles. The van der Waals surface area contributed by atoms with Crippen LogP contribution in [-0.4, -0.2) is 78.3 Å². The Morgan fingerprint density at radius 2 is 2.06 bits per heavy atom. The van der Waals surface area contributed by atoms with E-state index in [4.69, 9.17) is 14.6 Å². The molecule has 0 saturated heterocycles. The van der Waals surface area contributed by atoms with Gasteiger partial charge in [0.05, 0.1) is 25.7 Å². The Hall–Kier alpha value is -2.91. The Balaban J connectivity index is 2.10. The highest BCUT2D eigenvalue weighted by Gasteiger charge is 2.51. The molecular weight excluding hydrogens is 428 g/mol. The monoisotopic (exact) mass is 460 g/mol. The highest BCUT2D eigenvalue weighted by atomic mass is 16.5. The molecule has 4 atom stereocenters. The van der Waals surface area contributed by atoms with Gasteiger partial charge in [-0.3, -0.25) is 14.4 Å². The summed E-state index contributed by atoms with van der Waals surface area (Å²) in [5.41, 5.74) is 1.22. The lowest BCUT2D eigenvalue weighted by Crippen LogP contribution is -2.55. The van der Waals surface area contributed by atoms with Crippen molar-refractivity contribution in [2.24, 2.45) is 5.92 Å². The average molecular weight is 461 g/mol. The lowest BCUT2D eigenvalue weighted by molar-refractivity contribution is -0.135. The third-order valence-electron chi connectivity index (χ3n) is 6.12. The van der Waals surface area contributed by atoms with Gasteiger partial charge in [0.1, 0.15) is 18.5 Å². The summed E-state index contributed by atoms with van der Waals surface area (Å²) in [4.78, 5) is 38.6. The van der Waals surface area contributed by atoms with E-state index in [-0.39, 0.29) is 19.1 Å². The minimum atomic E-state index is -1.11. The molecule has 9 nitrogen and oxygen atoms in total. The molecule has 3 N–H and O–H groups in total. The van der Waals surface area contributed by atoms with Crippen LogP contribution in [0.25, 0.3) is 0 Å². The van der Waals surface area contributed by atoms with E-state index in [0.717, 1.165) is 6.42 Å². The van der Waals surface area contributed by atoms with Gasteiger partial charge in [0, 0.05) is 36.7 Å². The van der Waals surface area contributed by atoms with Crippen molar-refractivity contribution < 1.29 is 34.1 Å². The third kappa shape index (κ3) is 4.89. The molecular formula is C24H32N2O7. The van der Waals surface area contributed by atoms with Crippen LogP contribution in [0.1, 0.15) is 49.0 Å². The van der Waals surface area contributed by atoms with Crippen molar-refractivity contribution in [3.8, 4) is 11.5 Å². The van der Waals surface area contributed by atoms with Crippen molar-refractivity contribution in [3.05, 3.63) is 34.9 Å². The van der Waals surface area contributed by atoms with Crippen molar-refractivity contribution in [1.29, 1.82) is 0 Å². The number of carbonyl (C=O) groups excluding carboxylic acids is 3. The van der Waals surface area contributed by atoms with Crippen molar-refractivity contribution in [2.45, 2.75) is 51.4 Å².